The first-order valence-electron chi connectivity index (χ1n) is 6.43. The second-order valence-electron chi connectivity index (χ2n) is 4.79. The lowest BCUT2D eigenvalue weighted by atomic mass is 9.92. The molecule has 0 aliphatic carbocycles. The summed E-state index contributed by atoms with van der Waals surface area (Å²) in [4.78, 5) is 13.5. The molecule has 0 aromatic carbocycles. The Kier molecular flexibility index (Phi) is 5.88. The van der Waals surface area contributed by atoms with E-state index in [1.165, 1.54) is 0 Å². The molecule has 1 heterocycles. The van der Waals surface area contributed by atoms with Crippen LogP contribution in [0.15, 0.2) is 0 Å². The van der Waals surface area contributed by atoms with E-state index in [-0.39, 0.29) is 17.9 Å². The largest absolute Gasteiger partial charge is 0.376 e. The van der Waals surface area contributed by atoms with Crippen LogP contribution in [0.5, 0.6) is 0 Å². The maximum absolute atomic E-state index is 11.2. The molecule has 5 heteroatoms. The number of amides is 1. The number of nitrogens with two attached hydrogens (primary N) is 2. The van der Waals surface area contributed by atoms with Crippen molar-refractivity contribution in [2.45, 2.75) is 38.8 Å². The molecule has 1 amide bonds. The molecule has 0 bridgehead atoms. The highest BCUT2D eigenvalue weighted by atomic mass is 16.5. The van der Waals surface area contributed by atoms with E-state index in [1.54, 1.807) is 0 Å². The van der Waals surface area contributed by atoms with Crippen molar-refractivity contribution in [3.63, 3.8) is 0 Å². The molecule has 4 N–H and O–H groups in total. The summed E-state index contributed by atoms with van der Waals surface area (Å²) in [5.74, 6) is -0.214. The maximum atomic E-state index is 11.2. The molecule has 1 saturated heterocycles. The summed E-state index contributed by atoms with van der Waals surface area (Å²) < 4.78 is 5.56. The fraction of sp³-hybridized carbons (Fsp3) is 0.917. The molecule has 1 fully saturated rings. The van der Waals surface area contributed by atoms with Crippen molar-refractivity contribution < 1.29 is 9.53 Å². The van der Waals surface area contributed by atoms with E-state index in [4.69, 9.17) is 16.2 Å². The lowest BCUT2D eigenvalue weighted by molar-refractivity contribution is -0.124. The van der Waals surface area contributed by atoms with Gasteiger partial charge in [-0.25, -0.2) is 0 Å². The SMILES string of the molecule is CCOC(CN)CN1CC(C(N)=O)CCC1C. The smallest absolute Gasteiger partial charge is 0.221 e. The first-order valence-corrected chi connectivity index (χ1v) is 6.43. The standard InChI is InChI=1S/C12H25N3O2/c1-3-17-11(6-13)8-15-7-10(12(14)16)5-4-9(15)2/h9-11H,3-8,13H2,1-2H3,(H2,14,16). The average Bonchev–Trinajstić information content (AvgIpc) is 2.30. The Balaban J connectivity index is 2.51. The molecular formula is C12H25N3O2. The van der Waals surface area contributed by atoms with E-state index in [9.17, 15) is 4.79 Å². The normalized spacial score (nSPS) is 27.9. The highest BCUT2D eigenvalue weighted by molar-refractivity contribution is 5.76. The molecular weight excluding hydrogens is 218 g/mol. The van der Waals surface area contributed by atoms with Gasteiger partial charge in [0.2, 0.25) is 5.91 Å². The van der Waals surface area contributed by atoms with Gasteiger partial charge in [0.1, 0.15) is 0 Å². The average molecular weight is 243 g/mol. The van der Waals surface area contributed by atoms with Crippen molar-refractivity contribution in [2.24, 2.45) is 17.4 Å². The Morgan fingerprint density at radius 1 is 1.53 bits per heavy atom. The molecule has 0 aromatic rings. The van der Waals surface area contributed by atoms with Gasteiger partial charge in [-0.15, -0.1) is 0 Å². The third-order valence-electron chi connectivity index (χ3n) is 3.52. The molecule has 5 nitrogen and oxygen atoms in total. The summed E-state index contributed by atoms with van der Waals surface area (Å²) in [5.41, 5.74) is 11.0. The van der Waals surface area contributed by atoms with Gasteiger partial charge in [-0.1, -0.05) is 0 Å². The Morgan fingerprint density at radius 2 is 2.24 bits per heavy atom. The monoisotopic (exact) mass is 243 g/mol. The summed E-state index contributed by atoms with van der Waals surface area (Å²) in [6, 6.07) is 0.472. The van der Waals surface area contributed by atoms with E-state index in [0.717, 1.165) is 25.9 Å². The quantitative estimate of drug-likeness (QED) is 0.684. The van der Waals surface area contributed by atoms with E-state index < -0.39 is 0 Å². The molecule has 1 aliphatic rings. The van der Waals surface area contributed by atoms with Crippen LogP contribution in [0, 0.1) is 5.92 Å². The van der Waals surface area contributed by atoms with Crippen molar-refractivity contribution in [2.75, 3.05) is 26.2 Å². The Labute approximate surface area is 103 Å². The Morgan fingerprint density at radius 3 is 2.76 bits per heavy atom. The summed E-state index contributed by atoms with van der Waals surface area (Å²) in [7, 11) is 0. The fourth-order valence-electron chi connectivity index (χ4n) is 2.36. The number of ether oxygens (including phenoxy) is 1. The number of hydrogen-bond acceptors (Lipinski definition) is 4. The molecule has 3 unspecified atom stereocenters. The van der Waals surface area contributed by atoms with Gasteiger partial charge in [0.05, 0.1) is 12.0 Å². The van der Waals surface area contributed by atoms with E-state index in [0.29, 0.717) is 19.2 Å². The van der Waals surface area contributed by atoms with Crippen molar-refractivity contribution in [1.29, 1.82) is 0 Å². The Hall–Kier alpha value is -0.650. The van der Waals surface area contributed by atoms with Gasteiger partial charge in [-0.05, 0) is 26.7 Å². The first-order chi connectivity index (χ1) is 8.08. The van der Waals surface area contributed by atoms with Crippen LogP contribution in [-0.4, -0.2) is 49.2 Å². The van der Waals surface area contributed by atoms with Gasteiger partial charge in [0.15, 0.2) is 0 Å². The number of piperidine rings is 1. The van der Waals surface area contributed by atoms with Gasteiger partial charge in [0, 0.05) is 32.3 Å². The molecule has 1 rings (SSSR count). The minimum Gasteiger partial charge on any atom is -0.376 e. The molecule has 1 aliphatic heterocycles. The zero-order valence-electron chi connectivity index (χ0n) is 10.9. The summed E-state index contributed by atoms with van der Waals surface area (Å²) in [6.45, 7) is 6.85. The molecule has 0 aromatic heterocycles. The summed E-state index contributed by atoms with van der Waals surface area (Å²) in [5, 5.41) is 0. The van der Waals surface area contributed by atoms with Crippen LogP contribution < -0.4 is 11.5 Å². The maximum Gasteiger partial charge on any atom is 0.221 e. The van der Waals surface area contributed by atoms with Crippen molar-refractivity contribution >= 4 is 5.91 Å². The third kappa shape index (κ3) is 4.26. The predicted molar refractivity (Wildman–Crippen MR) is 67.4 cm³/mol. The molecule has 100 valence electrons. The third-order valence-corrected chi connectivity index (χ3v) is 3.52. The minimum atomic E-state index is -0.192. The van der Waals surface area contributed by atoms with Crippen LogP contribution >= 0.6 is 0 Å². The Bertz CT molecular complexity index is 248. The number of hydrogen-bond donors (Lipinski definition) is 2. The van der Waals surface area contributed by atoms with Crippen molar-refractivity contribution in [3.05, 3.63) is 0 Å². The first kappa shape index (κ1) is 14.4. The van der Waals surface area contributed by atoms with E-state index >= 15 is 0 Å². The van der Waals surface area contributed by atoms with E-state index in [2.05, 4.69) is 11.8 Å². The number of nitrogens with zero attached hydrogens (tertiary/aromatic N) is 1. The predicted octanol–water partition coefficient (Wildman–Crippen LogP) is -0.0640. The molecule has 17 heavy (non-hydrogen) atoms. The van der Waals surface area contributed by atoms with Crippen LogP contribution in [0.1, 0.15) is 26.7 Å². The van der Waals surface area contributed by atoms with Crippen LogP contribution in [0.4, 0.5) is 0 Å². The summed E-state index contributed by atoms with van der Waals surface area (Å²) in [6.07, 6.45) is 1.96. The summed E-state index contributed by atoms with van der Waals surface area (Å²) >= 11 is 0. The topological polar surface area (TPSA) is 81.6 Å². The number of carbonyl (C=O) groups is 1. The molecule has 0 saturated carbocycles. The molecule has 3 atom stereocenters. The van der Waals surface area contributed by atoms with Crippen LogP contribution in [0.2, 0.25) is 0 Å². The molecule has 0 radical (unpaired) electrons. The van der Waals surface area contributed by atoms with Crippen molar-refractivity contribution in [3.8, 4) is 0 Å². The number of carbonyl (C=O) groups excluding carboxylic acids is 1. The van der Waals surface area contributed by atoms with Gasteiger partial charge >= 0.3 is 0 Å². The lowest BCUT2D eigenvalue weighted by Gasteiger charge is -2.38. The van der Waals surface area contributed by atoms with Crippen LogP contribution in [0.3, 0.4) is 0 Å². The number of likely N-dealkylation sites (tertiary alicyclic amines) is 1. The number of primary amides is 1. The van der Waals surface area contributed by atoms with Crippen LogP contribution in [0.25, 0.3) is 0 Å². The fourth-order valence-corrected chi connectivity index (χ4v) is 2.36. The highest BCUT2D eigenvalue weighted by Crippen LogP contribution is 2.21. The van der Waals surface area contributed by atoms with Gasteiger partial charge in [-0.3, -0.25) is 9.69 Å². The zero-order valence-corrected chi connectivity index (χ0v) is 10.9. The second kappa shape index (κ2) is 6.93. The van der Waals surface area contributed by atoms with Gasteiger partial charge < -0.3 is 16.2 Å². The van der Waals surface area contributed by atoms with E-state index in [1.807, 2.05) is 6.92 Å². The van der Waals surface area contributed by atoms with Gasteiger partial charge in [0.25, 0.3) is 0 Å². The lowest BCUT2D eigenvalue weighted by Crippen LogP contribution is -2.49. The van der Waals surface area contributed by atoms with Crippen molar-refractivity contribution in [1.82, 2.24) is 4.90 Å². The number of rotatable bonds is 6. The minimum absolute atomic E-state index is 0.0220. The second-order valence-corrected chi connectivity index (χ2v) is 4.79. The van der Waals surface area contributed by atoms with Crippen LogP contribution in [-0.2, 0) is 9.53 Å². The molecule has 0 spiro atoms. The van der Waals surface area contributed by atoms with Gasteiger partial charge in [-0.2, -0.15) is 0 Å². The highest BCUT2D eigenvalue weighted by Gasteiger charge is 2.29. The zero-order chi connectivity index (χ0) is 12.8.